The quantitative estimate of drug-likeness (QED) is 0.660. The zero-order valence-electron chi connectivity index (χ0n) is 8.97. The Bertz CT molecular complexity index is 132. The number of aliphatic hydroxyl groups is 1. The molecule has 2 heteroatoms. The summed E-state index contributed by atoms with van der Waals surface area (Å²) >= 11 is 0. The molecule has 0 radical (unpaired) electrons. The third-order valence-electron chi connectivity index (χ3n) is 2.68. The zero-order chi connectivity index (χ0) is 9.73. The molecule has 0 aromatic heterocycles. The lowest BCUT2D eigenvalue weighted by Crippen LogP contribution is -2.40. The Hall–Kier alpha value is -0.0800. The summed E-state index contributed by atoms with van der Waals surface area (Å²) in [5, 5.41) is 13.0. The van der Waals surface area contributed by atoms with Crippen LogP contribution >= 0.6 is 0 Å². The monoisotopic (exact) mass is 185 g/mol. The standard InChI is InChI=1S/C11H23NO/c1-11(2,13)9-12-10-7-5-3-4-6-8-10/h10,12-13H,3-9H2,1-2H3. The van der Waals surface area contributed by atoms with Crippen LogP contribution in [-0.4, -0.2) is 23.3 Å². The first-order valence-corrected chi connectivity index (χ1v) is 5.54. The summed E-state index contributed by atoms with van der Waals surface area (Å²) in [5.74, 6) is 0. The smallest absolute Gasteiger partial charge is 0.0715 e. The van der Waals surface area contributed by atoms with Crippen LogP contribution in [0.4, 0.5) is 0 Å². The second kappa shape index (κ2) is 4.97. The van der Waals surface area contributed by atoms with Crippen molar-refractivity contribution in [3.8, 4) is 0 Å². The SMILES string of the molecule is CC(C)(O)CNC1CCCCCC1. The van der Waals surface area contributed by atoms with E-state index in [1.165, 1.54) is 38.5 Å². The molecule has 0 spiro atoms. The third kappa shape index (κ3) is 5.27. The van der Waals surface area contributed by atoms with Gasteiger partial charge in [0.25, 0.3) is 0 Å². The van der Waals surface area contributed by atoms with E-state index in [0.29, 0.717) is 6.04 Å². The van der Waals surface area contributed by atoms with Gasteiger partial charge in [-0.1, -0.05) is 25.7 Å². The van der Waals surface area contributed by atoms with E-state index >= 15 is 0 Å². The van der Waals surface area contributed by atoms with Crippen LogP contribution in [0.2, 0.25) is 0 Å². The summed E-state index contributed by atoms with van der Waals surface area (Å²) in [7, 11) is 0. The fourth-order valence-corrected chi connectivity index (χ4v) is 1.88. The van der Waals surface area contributed by atoms with E-state index in [9.17, 15) is 5.11 Å². The van der Waals surface area contributed by atoms with Gasteiger partial charge < -0.3 is 10.4 Å². The van der Waals surface area contributed by atoms with Gasteiger partial charge in [-0.05, 0) is 26.7 Å². The molecule has 1 rings (SSSR count). The Morgan fingerprint density at radius 3 is 2.15 bits per heavy atom. The molecule has 0 amide bonds. The maximum absolute atomic E-state index is 9.56. The first-order valence-electron chi connectivity index (χ1n) is 5.54. The highest BCUT2D eigenvalue weighted by atomic mass is 16.3. The molecule has 0 saturated heterocycles. The topological polar surface area (TPSA) is 32.3 Å². The number of rotatable bonds is 3. The molecule has 78 valence electrons. The van der Waals surface area contributed by atoms with Crippen LogP contribution < -0.4 is 5.32 Å². The van der Waals surface area contributed by atoms with Gasteiger partial charge in [0, 0.05) is 12.6 Å². The summed E-state index contributed by atoms with van der Waals surface area (Å²) in [6.45, 7) is 4.44. The fraction of sp³-hybridized carbons (Fsp3) is 1.00. The van der Waals surface area contributed by atoms with Crippen molar-refractivity contribution in [2.75, 3.05) is 6.54 Å². The third-order valence-corrected chi connectivity index (χ3v) is 2.68. The van der Waals surface area contributed by atoms with Gasteiger partial charge in [0.05, 0.1) is 5.60 Å². The van der Waals surface area contributed by atoms with Gasteiger partial charge in [0.15, 0.2) is 0 Å². The Morgan fingerprint density at radius 2 is 1.69 bits per heavy atom. The normalized spacial score (nSPS) is 21.5. The van der Waals surface area contributed by atoms with E-state index in [0.717, 1.165) is 6.54 Å². The minimum Gasteiger partial charge on any atom is -0.389 e. The van der Waals surface area contributed by atoms with E-state index < -0.39 is 5.60 Å². The van der Waals surface area contributed by atoms with Gasteiger partial charge in [-0.15, -0.1) is 0 Å². The van der Waals surface area contributed by atoms with Gasteiger partial charge >= 0.3 is 0 Å². The maximum atomic E-state index is 9.56. The highest BCUT2D eigenvalue weighted by Gasteiger charge is 2.16. The number of hydrogen-bond donors (Lipinski definition) is 2. The Kier molecular flexibility index (Phi) is 4.20. The van der Waals surface area contributed by atoms with Crippen molar-refractivity contribution in [2.45, 2.75) is 64.0 Å². The van der Waals surface area contributed by atoms with E-state index in [4.69, 9.17) is 0 Å². The van der Waals surface area contributed by atoms with Gasteiger partial charge in [-0.25, -0.2) is 0 Å². The van der Waals surface area contributed by atoms with Gasteiger partial charge in [0.2, 0.25) is 0 Å². The molecule has 2 nitrogen and oxygen atoms in total. The second-order valence-electron chi connectivity index (χ2n) is 4.88. The van der Waals surface area contributed by atoms with Crippen molar-refractivity contribution in [3.05, 3.63) is 0 Å². The zero-order valence-corrected chi connectivity index (χ0v) is 8.97. The molecule has 0 aromatic rings. The summed E-state index contributed by atoms with van der Waals surface area (Å²) in [5.41, 5.74) is -0.563. The lowest BCUT2D eigenvalue weighted by atomic mass is 10.1. The molecule has 0 aromatic carbocycles. The van der Waals surface area contributed by atoms with Crippen molar-refractivity contribution in [1.29, 1.82) is 0 Å². The Balaban J connectivity index is 2.19. The molecule has 0 aliphatic heterocycles. The maximum Gasteiger partial charge on any atom is 0.0715 e. The lowest BCUT2D eigenvalue weighted by molar-refractivity contribution is 0.0757. The van der Waals surface area contributed by atoms with Crippen molar-refractivity contribution < 1.29 is 5.11 Å². The van der Waals surface area contributed by atoms with Crippen LogP contribution in [0, 0.1) is 0 Å². The van der Waals surface area contributed by atoms with Crippen LogP contribution in [-0.2, 0) is 0 Å². The lowest BCUT2D eigenvalue weighted by Gasteiger charge is -2.23. The largest absolute Gasteiger partial charge is 0.389 e. The van der Waals surface area contributed by atoms with Crippen molar-refractivity contribution in [2.24, 2.45) is 0 Å². The molecular weight excluding hydrogens is 162 g/mol. The molecule has 0 heterocycles. The molecular formula is C11H23NO. The minimum atomic E-state index is -0.563. The molecule has 0 unspecified atom stereocenters. The Morgan fingerprint density at radius 1 is 1.15 bits per heavy atom. The predicted octanol–water partition coefficient (Wildman–Crippen LogP) is 2.07. The average Bonchev–Trinajstić information content (AvgIpc) is 2.26. The van der Waals surface area contributed by atoms with Crippen molar-refractivity contribution in [3.63, 3.8) is 0 Å². The van der Waals surface area contributed by atoms with Gasteiger partial charge in [0.1, 0.15) is 0 Å². The molecule has 13 heavy (non-hydrogen) atoms. The summed E-state index contributed by atoms with van der Waals surface area (Å²) < 4.78 is 0. The van der Waals surface area contributed by atoms with E-state index in [2.05, 4.69) is 5.32 Å². The average molecular weight is 185 g/mol. The number of hydrogen-bond acceptors (Lipinski definition) is 2. The summed E-state index contributed by atoms with van der Waals surface area (Å²) in [6.07, 6.45) is 8.06. The molecule has 1 saturated carbocycles. The first-order chi connectivity index (χ1) is 6.08. The molecule has 0 bridgehead atoms. The summed E-state index contributed by atoms with van der Waals surface area (Å²) in [6, 6.07) is 0.647. The highest BCUT2D eigenvalue weighted by Crippen LogP contribution is 2.17. The number of nitrogens with one attached hydrogen (secondary N) is 1. The second-order valence-corrected chi connectivity index (χ2v) is 4.88. The van der Waals surface area contributed by atoms with Crippen molar-refractivity contribution in [1.82, 2.24) is 5.32 Å². The van der Waals surface area contributed by atoms with Crippen LogP contribution in [0.25, 0.3) is 0 Å². The molecule has 1 aliphatic carbocycles. The van der Waals surface area contributed by atoms with E-state index in [-0.39, 0.29) is 0 Å². The highest BCUT2D eigenvalue weighted by molar-refractivity contribution is 4.75. The molecule has 1 aliphatic rings. The van der Waals surface area contributed by atoms with Gasteiger partial charge in [-0.2, -0.15) is 0 Å². The molecule has 2 N–H and O–H groups in total. The van der Waals surface area contributed by atoms with Crippen LogP contribution in [0.1, 0.15) is 52.4 Å². The summed E-state index contributed by atoms with van der Waals surface area (Å²) in [4.78, 5) is 0. The van der Waals surface area contributed by atoms with Crippen LogP contribution in [0.15, 0.2) is 0 Å². The van der Waals surface area contributed by atoms with Crippen LogP contribution in [0.5, 0.6) is 0 Å². The predicted molar refractivity (Wildman–Crippen MR) is 55.8 cm³/mol. The minimum absolute atomic E-state index is 0.563. The molecule has 1 fully saturated rings. The fourth-order valence-electron chi connectivity index (χ4n) is 1.88. The van der Waals surface area contributed by atoms with Gasteiger partial charge in [-0.3, -0.25) is 0 Å². The first kappa shape index (κ1) is 11.0. The van der Waals surface area contributed by atoms with Crippen molar-refractivity contribution >= 4 is 0 Å². The Labute approximate surface area is 81.7 Å². The molecule has 0 atom stereocenters. The van der Waals surface area contributed by atoms with E-state index in [1.54, 1.807) is 0 Å². The van der Waals surface area contributed by atoms with Crippen LogP contribution in [0.3, 0.4) is 0 Å². The van der Waals surface area contributed by atoms with E-state index in [1.807, 2.05) is 13.8 Å².